The second-order valence-corrected chi connectivity index (χ2v) is 6.93. The van der Waals surface area contributed by atoms with E-state index in [0.717, 1.165) is 25.4 Å². The van der Waals surface area contributed by atoms with Crippen molar-refractivity contribution in [1.29, 1.82) is 0 Å². The van der Waals surface area contributed by atoms with Gasteiger partial charge in [-0.15, -0.1) is 11.3 Å². The minimum Gasteiger partial charge on any atom is -0.381 e. The molecule has 1 fully saturated rings. The van der Waals surface area contributed by atoms with Gasteiger partial charge in [0.15, 0.2) is 0 Å². The number of fused-ring (bicyclic) bond motifs is 1. The van der Waals surface area contributed by atoms with Gasteiger partial charge in [0.05, 0.1) is 19.6 Å². The monoisotopic (exact) mass is 317 g/mol. The van der Waals surface area contributed by atoms with Gasteiger partial charge in [-0.2, -0.15) is 0 Å². The standard InChI is InChI=1S/C18H23NO2S/c1-2-14-12-19(13-14)18(20)6-9-21-8-5-15-3-4-17-16(11-15)7-10-22-17/h3-4,7,10-11,14H,2,5-6,8-9,12-13H2,1H3. The number of hydrogen-bond donors (Lipinski definition) is 0. The first-order valence-electron chi connectivity index (χ1n) is 8.08. The zero-order valence-electron chi connectivity index (χ0n) is 13.1. The van der Waals surface area contributed by atoms with Gasteiger partial charge in [0.2, 0.25) is 5.91 Å². The molecule has 0 unspecified atom stereocenters. The predicted octanol–water partition coefficient (Wildman–Crippen LogP) is 3.72. The molecule has 0 radical (unpaired) electrons. The number of amides is 1. The fourth-order valence-electron chi connectivity index (χ4n) is 2.81. The Hall–Kier alpha value is -1.39. The van der Waals surface area contributed by atoms with Crippen LogP contribution in [-0.2, 0) is 16.0 Å². The Kier molecular flexibility index (Phi) is 5.11. The average Bonchev–Trinajstić information content (AvgIpc) is 2.93. The van der Waals surface area contributed by atoms with Crippen LogP contribution in [0.15, 0.2) is 29.6 Å². The number of nitrogens with zero attached hydrogens (tertiary/aromatic N) is 1. The second kappa shape index (κ2) is 7.25. The molecule has 0 spiro atoms. The summed E-state index contributed by atoms with van der Waals surface area (Å²) in [6.45, 7) is 5.28. The lowest BCUT2D eigenvalue weighted by molar-refractivity contribution is -0.138. The lowest BCUT2D eigenvalue weighted by Crippen LogP contribution is -2.49. The molecule has 0 aliphatic carbocycles. The predicted molar refractivity (Wildman–Crippen MR) is 91.3 cm³/mol. The van der Waals surface area contributed by atoms with E-state index in [1.807, 2.05) is 4.90 Å². The van der Waals surface area contributed by atoms with Crippen molar-refractivity contribution >= 4 is 27.3 Å². The number of ether oxygens (including phenoxy) is 1. The summed E-state index contributed by atoms with van der Waals surface area (Å²) in [5, 5.41) is 3.43. The van der Waals surface area contributed by atoms with Crippen molar-refractivity contribution in [2.75, 3.05) is 26.3 Å². The van der Waals surface area contributed by atoms with E-state index in [1.54, 1.807) is 11.3 Å². The molecule has 0 bridgehead atoms. The summed E-state index contributed by atoms with van der Waals surface area (Å²) in [7, 11) is 0. The average molecular weight is 317 g/mol. The molecular weight excluding hydrogens is 294 g/mol. The highest BCUT2D eigenvalue weighted by Gasteiger charge is 2.28. The van der Waals surface area contributed by atoms with Crippen molar-refractivity contribution in [3.63, 3.8) is 0 Å². The maximum absolute atomic E-state index is 11.9. The Bertz CT molecular complexity index is 631. The molecule has 1 aliphatic rings. The first-order chi connectivity index (χ1) is 10.8. The molecule has 1 saturated heterocycles. The minimum atomic E-state index is 0.240. The lowest BCUT2D eigenvalue weighted by Gasteiger charge is -2.38. The summed E-state index contributed by atoms with van der Waals surface area (Å²) < 4.78 is 6.96. The van der Waals surface area contributed by atoms with Crippen LogP contribution in [0.1, 0.15) is 25.3 Å². The van der Waals surface area contributed by atoms with Crippen LogP contribution >= 0.6 is 11.3 Å². The third kappa shape index (κ3) is 3.68. The van der Waals surface area contributed by atoms with Gasteiger partial charge in [-0.25, -0.2) is 0 Å². The molecule has 0 saturated carbocycles. The topological polar surface area (TPSA) is 29.5 Å². The summed E-state index contributed by atoms with van der Waals surface area (Å²) in [5.74, 6) is 0.960. The zero-order valence-corrected chi connectivity index (χ0v) is 13.9. The van der Waals surface area contributed by atoms with Crippen LogP contribution in [0.25, 0.3) is 10.1 Å². The molecule has 1 aromatic heterocycles. The van der Waals surface area contributed by atoms with Crippen molar-refractivity contribution in [3.8, 4) is 0 Å². The summed E-state index contributed by atoms with van der Waals surface area (Å²) >= 11 is 1.77. The van der Waals surface area contributed by atoms with E-state index in [2.05, 4.69) is 36.6 Å². The van der Waals surface area contributed by atoms with E-state index < -0.39 is 0 Å². The molecule has 118 valence electrons. The SMILES string of the molecule is CCC1CN(C(=O)CCOCCc2ccc3sccc3c2)C1. The van der Waals surface area contributed by atoms with Gasteiger partial charge in [-0.05, 0) is 47.2 Å². The number of carbonyl (C=O) groups excluding carboxylic acids is 1. The normalized spacial score (nSPS) is 15.2. The molecule has 1 aliphatic heterocycles. The van der Waals surface area contributed by atoms with Gasteiger partial charge < -0.3 is 9.64 Å². The molecule has 1 amide bonds. The van der Waals surface area contributed by atoms with Gasteiger partial charge in [-0.3, -0.25) is 4.79 Å². The molecule has 22 heavy (non-hydrogen) atoms. The maximum atomic E-state index is 11.9. The van der Waals surface area contributed by atoms with E-state index >= 15 is 0 Å². The minimum absolute atomic E-state index is 0.240. The molecule has 3 rings (SSSR count). The maximum Gasteiger partial charge on any atom is 0.224 e. The van der Waals surface area contributed by atoms with Crippen LogP contribution < -0.4 is 0 Å². The third-order valence-corrected chi connectivity index (χ3v) is 5.30. The fourth-order valence-corrected chi connectivity index (χ4v) is 3.58. The van der Waals surface area contributed by atoms with Gasteiger partial charge in [0.25, 0.3) is 0 Å². The van der Waals surface area contributed by atoms with Crippen LogP contribution in [0.4, 0.5) is 0 Å². The summed E-state index contributed by atoms with van der Waals surface area (Å²) in [6.07, 6.45) is 2.59. The number of hydrogen-bond acceptors (Lipinski definition) is 3. The van der Waals surface area contributed by atoms with E-state index in [9.17, 15) is 4.79 Å². The zero-order chi connectivity index (χ0) is 15.4. The van der Waals surface area contributed by atoms with Crippen molar-refractivity contribution in [2.45, 2.75) is 26.2 Å². The van der Waals surface area contributed by atoms with Gasteiger partial charge >= 0.3 is 0 Å². The fraction of sp³-hybridized carbons (Fsp3) is 0.500. The van der Waals surface area contributed by atoms with Crippen molar-refractivity contribution < 1.29 is 9.53 Å². The third-order valence-electron chi connectivity index (χ3n) is 4.40. The molecule has 0 N–H and O–H groups in total. The van der Waals surface area contributed by atoms with E-state index in [-0.39, 0.29) is 5.91 Å². The quantitative estimate of drug-likeness (QED) is 0.728. The molecule has 3 nitrogen and oxygen atoms in total. The highest BCUT2D eigenvalue weighted by molar-refractivity contribution is 7.17. The van der Waals surface area contributed by atoms with E-state index in [1.165, 1.54) is 22.1 Å². The summed E-state index contributed by atoms with van der Waals surface area (Å²) in [5.41, 5.74) is 1.30. The Morgan fingerprint density at radius 1 is 1.32 bits per heavy atom. The van der Waals surface area contributed by atoms with Crippen LogP contribution in [-0.4, -0.2) is 37.1 Å². The van der Waals surface area contributed by atoms with E-state index in [4.69, 9.17) is 4.74 Å². The Morgan fingerprint density at radius 2 is 2.18 bits per heavy atom. The van der Waals surface area contributed by atoms with Crippen LogP contribution in [0.5, 0.6) is 0 Å². The summed E-state index contributed by atoms with van der Waals surface area (Å²) in [4.78, 5) is 13.8. The van der Waals surface area contributed by atoms with Gasteiger partial charge in [0, 0.05) is 17.8 Å². The van der Waals surface area contributed by atoms with Crippen molar-refractivity contribution in [1.82, 2.24) is 4.90 Å². The Labute approximate surface area is 135 Å². The smallest absolute Gasteiger partial charge is 0.224 e. The molecule has 1 aromatic carbocycles. The lowest BCUT2D eigenvalue weighted by atomic mass is 9.97. The van der Waals surface area contributed by atoms with Crippen LogP contribution in [0.2, 0.25) is 0 Å². The largest absolute Gasteiger partial charge is 0.381 e. The number of likely N-dealkylation sites (tertiary alicyclic amines) is 1. The molecule has 4 heteroatoms. The molecule has 2 aromatic rings. The highest BCUT2D eigenvalue weighted by atomic mass is 32.1. The number of benzene rings is 1. The van der Waals surface area contributed by atoms with E-state index in [0.29, 0.717) is 19.6 Å². The van der Waals surface area contributed by atoms with Crippen molar-refractivity contribution in [2.24, 2.45) is 5.92 Å². The molecular formula is C18H23NO2S. The van der Waals surface area contributed by atoms with Crippen LogP contribution in [0.3, 0.4) is 0 Å². The molecule has 2 heterocycles. The first-order valence-corrected chi connectivity index (χ1v) is 8.96. The Morgan fingerprint density at radius 3 is 3.00 bits per heavy atom. The summed E-state index contributed by atoms with van der Waals surface area (Å²) in [6, 6.07) is 8.72. The number of rotatable bonds is 7. The highest BCUT2D eigenvalue weighted by Crippen LogP contribution is 2.22. The first kappa shape index (κ1) is 15.5. The van der Waals surface area contributed by atoms with Crippen molar-refractivity contribution in [3.05, 3.63) is 35.2 Å². The van der Waals surface area contributed by atoms with Crippen LogP contribution in [0, 0.1) is 5.92 Å². The molecule has 0 atom stereocenters. The second-order valence-electron chi connectivity index (χ2n) is 5.98. The number of carbonyl (C=O) groups is 1. The van der Waals surface area contributed by atoms with Gasteiger partial charge in [-0.1, -0.05) is 19.1 Å². The number of thiophene rings is 1. The Balaban J connectivity index is 1.33. The van der Waals surface area contributed by atoms with Gasteiger partial charge in [0.1, 0.15) is 0 Å².